The van der Waals surface area contributed by atoms with E-state index in [9.17, 15) is 13.2 Å². The highest BCUT2D eigenvalue weighted by atomic mass is 35.5. The highest BCUT2D eigenvalue weighted by Crippen LogP contribution is 2.32. The highest BCUT2D eigenvalue weighted by molar-refractivity contribution is 7.89. The molecular weight excluding hydrogens is 556 g/mol. The van der Waals surface area contributed by atoms with E-state index in [4.69, 9.17) is 9.72 Å². The van der Waals surface area contributed by atoms with Crippen molar-refractivity contribution in [3.8, 4) is 5.75 Å². The summed E-state index contributed by atoms with van der Waals surface area (Å²) in [7, 11) is 1.99. The van der Waals surface area contributed by atoms with Gasteiger partial charge in [-0.2, -0.15) is 4.31 Å². The quantitative estimate of drug-likeness (QED) is 0.217. The molecule has 3 aromatic rings. The first-order valence-corrected chi connectivity index (χ1v) is 15.5. The maximum atomic E-state index is 13.7. The number of carbonyl (C=O) groups excluding carboxylic acids is 1. The van der Waals surface area contributed by atoms with Crippen LogP contribution in [0.3, 0.4) is 0 Å². The Bertz CT molecular complexity index is 1290. The average molecular weight is 597 g/mol. The molecule has 0 fully saturated rings. The van der Waals surface area contributed by atoms with Crippen molar-refractivity contribution in [2.45, 2.75) is 50.8 Å². The van der Waals surface area contributed by atoms with Gasteiger partial charge in [-0.05, 0) is 82.4 Å². The number of nitrogens with zero attached hydrogens (tertiary/aromatic N) is 4. The number of benzene rings is 2. The van der Waals surface area contributed by atoms with Crippen molar-refractivity contribution in [3.05, 3.63) is 48.0 Å². The molecule has 0 spiro atoms. The van der Waals surface area contributed by atoms with Gasteiger partial charge in [0.05, 0.1) is 22.2 Å². The van der Waals surface area contributed by atoms with Crippen molar-refractivity contribution >= 4 is 55.0 Å². The predicted octanol–water partition coefficient (Wildman–Crippen LogP) is 5.92. The van der Waals surface area contributed by atoms with Crippen LogP contribution in [0.2, 0.25) is 0 Å². The van der Waals surface area contributed by atoms with Gasteiger partial charge in [-0.3, -0.25) is 9.69 Å². The second-order valence-corrected chi connectivity index (χ2v) is 12.5. The molecule has 0 N–H and O–H groups in total. The summed E-state index contributed by atoms with van der Waals surface area (Å²) in [5.74, 6) is 0.537. The molecule has 3 rings (SSSR count). The van der Waals surface area contributed by atoms with Crippen LogP contribution in [0.5, 0.6) is 5.75 Å². The number of hydrogen-bond donors (Lipinski definition) is 0. The third-order valence-electron chi connectivity index (χ3n) is 6.31. The molecule has 1 amide bonds. The third-order valence-corrected chi connectivity index (χ3v) is 9.26. The fourth-order valence-corrected chi connectivity index (χ4v) is 6.60. The zero-order valence-corrected chi connectivity index (χ0v) is 26.0. The maximum Gasteiger partial charge on any atom is 0.260 e. The molecule has 0 saturated heterocycles. The fourth-order valence-electron chi connectivity index (χ4n) is 4.06. The monoisotopic (exact) mass is 596 g/mol. The van der Waals surface area contributed by atoms with Gasteiger partial charge >= 0.3 is 0 Å². The molecule has 0 aliphatic heterocycles. The number of hydrogen-bond acceptors (Lipinski definition) is 7. The van der Waals surface area contributed by atoms with E-state index in [2.05, 4.69) is 18.7 Å². The molecule has 216 valence electrons. The molecule has 1 aromatic heterocycles. The van der Waals surface area contributed by atoms with Gasteiger partial charge in [-0.15, -0.1) is 12.4 Å². The van der Waals surface area contributed by atoms with Crippen LogP contribution >= 0.6 is 23.7 Å². The first-order valence-electron chi connectivity index (χ1n) is 13.2. The fraction of sp³-hybridized carbons (Fsp3) is 0.500. The molecule has 0 aliphatic rings. The number of ether oxygens (including phenoxy) is 1. The van der Waals surface area contributed by atoms with Gasteiger partial charge < -0.3 is 9.64 Å². The van der Waals surface area contributed by atoms with Gasteiger partial charge in [-0.1, -0.05) is 38.0 Å². The number of thiazole rings is 1. The predicted molar refractivity (Wildman–Crippen MR) is 163 cm³/mol. The largest absolute Gasteiger partial charge is 0.497 e. The first kappa shape index (κ1) is 33.0. The number of unbranched alkanes of at least 4 members (excludes halogenated alkanes) is 2. The summed E-state index contributed by atoms with van der Waals surface area (Å²) in [5, 5.41) is 0.610. The molecule has 0 saturated carbocycles. The van der Waals surface area contributed by atoms with Gasteiger partial charge in [-0.25, -0.2) is 13.4 Å². The molecule has 0 unspecified atom stereocenters. The minimum Gasteiger partial charge on any atom is -0.497 e. The summed E-state index contributed by atoms with van der Waals surface area (Å²) in [4.78, 5) is 22.4. The van der Waals surface area contributed by atoms with Crippen LogP contribution in [0.4, 0.5) is 5.13 Å². The summed E-state index contributed by atoms with van der Waals surface area (Å²) in [6, 6.07) is 12.0. The van der Waals surface area contributed by atoms with Gasteiger partial charge in [0.1, 0.15) is 5.75 Å². The number of fused-ring (bicyclic) bond motifs is 1. The summed E-state index contributed by atoms with van der Waals surface area (Å²) >= 11 is 1.44. The summed E-state index contributed by atoms with van der Waals surface area (Å²) < 4.78 is 34.5. The molecule has 39 heavy (non-hydrogen) atoms. The maximum absolute atomic E-state index is 13.7. The second-order valence-electron chi connectivity index (χ2n) is 9.58. The first-order chi connectivity index (χ1) is 18.2. The summed E-state index contributed by atoms with van der Waals surface area (Å²) in [6.07, 6.45) is 4.25. The number of aromatic nitrogens is 1. The number of sulfonamides is 1. The molecule has 0 radical (unpaired) electrons. The van der Waals surface area contributed by atoms with E-state index in [0.717, 1.165) is 54.6 Å². The van der Waals surface area contributed by atoms with Crippen LogP contribution < -0.4 is 9.64 Å². The van der Waals surface area contributed by atoms with Crippen molar-refractivity contribution in [3.63, 3.8) is 0 Å². The van der Waals surface area contributed by atoms with Gasteiger partial charge in [0.2, 0.25) is 10.0 Å². The SMILES string of the molecule is CCCCN(CCCC)S(=O)(=O)c1ccc(C(=O)N(CCCN(C)C)c2nc3ccc(OC)cc3s2)cc1.Cl. The van der Waals surface area contributed by atoms with E-state index >= 15 is 0 Å². The lowest BCUT2D eigenvalue weighted by molar-refractivity contribution is 0.0986. The average Bonchev–Trinajstić information content (AvgIpc) is 3.33. The summed E-state index contributed by atoms with van der Waals surface area (Å²) in [6.45, 7) is 6.43. The van der Waals surface area contributed by atoms with Gasteiger partial charge in [0, 0.05) is 25.2 Å². The van der Waals surface area contributed by atoms with E-state index in [-0.39, 0.29) is 23.2 Å². The minimum atomic E-state index is -3.63. The number of anilines is 1. The zero-order chi connectivity index (χ0) is 27.7. The van der Waals surface area contributed by atoms with Crippen molar-refractivity contribution < 1.29 is 17.9 Å². The Hall–Kier alpha value is -2.24. The van der Waals surface area contributed by atoms with E-state index in [0.29, 0.717) is 30.3 Å². The van der Waals surface area contributed by atoms with Crippen molar-refractivity contribution in [1.29, 1.82) is 0 Å². The molecule has 11 heteroatoms. The van der Waals surface area contributed by atoms with Crippen molar-refractivity contribution in [2.24, 2.45) is 0 Å². The Morgan fingerprint density at radius 1 is 0.923 bits per heavy atom. The molecular formula is C28H41ClN4O4S2. The third kappa shape index (κ3) is 8.62. The Morgan fingerprint density at radius 3 is 2.13 bits per heavy atom. The lowest BCUT2D eigenvalue weighted by atomic mass is 10.2. The number of methoxy groups -OCH3 is 1. The Balaban J connectivity index is 0.00000533. The molecule has 0 bridgehead atoms. The van der Waals surface area contributed by atoms with Crippen LogP contribution in [0.15, 0.2) is 47.4 Å². The molecule has 2 aromatic carbocycles. The molecule has 1 heterocycles. The zero-order valence-electron chi connectivity index (χ0n) is 23.6. The van der Waals surface area contributed by atoms with E-state index in [1.54, 1.807) is 40.6 Å². The standard InChI is InChI=1S/C28H40N4O4S2.ClH/c1-6-8-18-31(19-9-7-2)38(34,35)24-14-11-22(12-15-24)27(33)32(20-10-17-30(3)4)28-29-25-16-13-23(36-5)21-26(25)37-28;/h11-16,21H,6-10,17-20H2,1-5H3;1H. The Kier molecular flexibility index (Phi) is 13.1. The molecule has 0 atom stereocenters. The molecule has 8 nitrogen and oxygen atoms in total. The van der Waals surface area contributed by atoms with Crippen molar-refractivity contribution in [2.75, 3.05) is 52.3 Å². The number of rotatable bonds is 15. The number of amides is 1. The van der Waals surface area contributed by atoms with Crippen LogP contribution in [-0.2, 0) is 10.0 Å². The number of halogens is 1. The van der Waals surface area contributed by atoms with Crippen LogP contribution in [0, 0.1) is 0 Å². The minimum absolute atomic E-state index is 0. The van der Waals surface area contributed by atoms with Crippen molar-refractivity contribution in [1.82, 2.24) is 14.2 Å². The number of carbonyl (C=O) groups is 1. The van der Waals surface area contributed by atoms with Gasteiger partial charge in [0.15, 0.2) is 5.13 Å². The van der Waals surface area contributed by atoms with E-state index in [1.807, 2.05) is 32.3 Å². The summed E-state index contributed by atoms with van der Waals surface area (Å²) in [5.41, 5.74) is 1.23. The van der Waals surface area contributed by atoms with Crippen LogP contribution in [-0.4, -0.2) is 75.9 Å². The highest BCUT2D eigenvalue weighted by Gasteiger charge is 2.25. The lowest BCUT2D eigenvalue weighted by Crippen LogP contribution is -2.34. The topological polar surface area (TPSA) is 83.1 Å². The molecule has 0 aliphatic carbocycles. The Morgan fingerprint density at radius 2 is 1.56 bits per heavy atom. The second kappa shape index (κ2) is 15.5. The Labute approximate surface area is 243 Å². The van der Waals surface area contributed by atoms with Gasteiger partial charge in [0.25, 0.3) is 5.91 Å². The van der Waals surface area contributed by atoms with E-state index < -0.39 is 10.0 Å². The smallest absolute Gasteiger partial charge is 0.260 e. The normalized spacial score (nSPS) is 11.7. The lowest BCUT2D eigenvalue weighted by Gasteiger charge is -2.23. The van der Waals surface area contributed by atoms with Crippen LogP contribution in [0.1, 0.15) is 56.3 Å². The van der Waals surface area contributed by atoms with Crippen LogP contribution in [0.25, 0.3) is 10.2 Å². The van der Waals surface area contributed by atoms with E-state index in [1.165, 1.54) is 11.3 Å².